The predicted octanol–water partition coefficient (Wildman–Crippen LogP) is 2.78. The minimum atomic E-state index is -5.08. The van der Waals surface area contributed by atoms with Crippen molar-refractivity contribution in [2.24, 2.45) is 11.3 Å². The largest absolute Gasteiger partial charge is 0.490 e. The minimum Gasteiger partial charge on any atom is -0.481 e. The SMILES string of the molecule is CC(C)(C)c1nc(CN2CCCN(C(=O)C(C(=O)O)C(C)(C)C)CC2)no1.O=C(O)C(F)(F)F. The quantitative estimate of drug-likeness (QED) is 0.605. The topological polar surface area (TPSA) is 137 Å². The molecule has 1 aliphatic rings. The van der Waals surface area contributed by atoms with Gasteiger partial charge in [0.1, 0.15) is 5.92 Å². The van der Waals surface area contributed by atoms with Crippen LogP contribution in [0.2, 0.25) is 0 Å². The molecular formula is C21H33F3N4O6. The van der Waals surface area contributed by atoms with Gasteiger partial charge in [0.15, 0.2) is 5.82 Å². The highest BCUT2D eigenvalue weighted by atomic mass is 19.4. The number of aliphatic carboxylic acids is 2. The van der Waals surface area contributed by atoms with Gasteiger partial charge in [-0.05, 0) is 11.8 Å². The lowest BCUT2D eigenvalue weighted by atomic mass is 9.80. The van der Waals surface area contributed by atoms with Crippen molar-refractivity contribution < 1.29 is 42.3 Å². The molecule has 1 saturated heterocycles. The summed E-state index contributed by atoms with van der Waals surface area (Å²) in [6, 6.07) is 0. The van der Waals surface area contributed by atoms with Gasteiger partial charge in [0.25, 0.3) is 0 Å². The first-order valence-electron chi connectivity index (χ1n) is 10.7. The van der Waals surface area contributed by atoms with E-state index in [1.54, 1.807) is 25.7 Å². The monoisotopic (exact) mass is 494 g/mol. The Labute approximate surface area is 196 Å². The molecule has 2 heterocycles. The van der Waals surface area contributed by atoms with Crippen LogP contribution in [-0.4, -0.2) is 80.4 Å². The Morgan fingerprint density at radius 1 is 1.00 bits per heavy atom. The number of rotatable bonds is 4. The fraction of sp³-hybridized carbons (Fsp3) is 0.762. The molecule has 1 aliphatic heterocycles. The summed E-state index contributed by atoms with van der Waals surface area (Å²) >= 11 is 0. The Hall–Kier alpha value is -2.70. The summed E-state index contributed by atoms with van der Waals surface area (Å²) < 4.78 is 37.1. The molecule has 194 valence electrons. The molecule has 0 aliphatic carbocycles. The lowest BCUT2D eigenvalue weighted by Gasteiger charge is -2.31. The zero-order valence-corrected chi connectivity index (χ0v) is 20.3. The van der Waals surface area contributed by atoms with Crippen molar-refractivity contribution in [3.05, 3.63) is 11.7 Å². The summed E-state index contributed by atoms with van der Waals surface area (Å²) in [5.74, 6) is -3.90. The highest BCUT2D eigenvalue weighted by Gasteiger charge is 2.40. The first-order chi connectivity index (χ1) is 15.3. The minimum absolute atomic E-state index is 0.188. The van der Waals surface area contributed by atoms with E-state index in [0.29, 0.717) is 37.9 Å². The molecule has 2 rings (SSSR count). The molecule has 34 heavy (non-hydrogen) atoms. The zero-order valence-electron chi connectivity index (χ0n) is 20.3. The summed E-state index contributed by atoms with van der Waals surface area (Å²) in [5, 5.41) is 20.7. The molecule has 0 spiro atoms. The molecule has 13 heteroatoms. The maximum Gasteiger partial charge on any atom is 0.490 e. The molecule has 0 aromatic carbocycles. The van der Waals surface area contributed by atoms with Gasteiger partial charge in [-0.2, -0.15) is 18.2 Å². The van der Waals surface area contributed by atoms with E-state index in [1.807, 2.05) is 20.8 Å². The van der Waals surface area contributed by atoms with Crippen LogP contribution in [-0.2, 0) is 26.3 Å². The van der Waals surface area contributed by atoms with Crippen LogP contribution in [0.25, 0.3) is 0 Å². The third kappa shape index (κ3) is 8.92. The Bertz CT molecular complexity index is 858. The van der Waals surface area contributed by atoms with Gasteiger partial charge in [-0.3, -0.25) is 14.5 Å². The number of alkyl halides is 3. The normalized spacial score (nSPS) is 16.8. The van der Waals surface area contributed by atoms with Crippen molar-refractivity contribution in [1.29, 1.82) is 0 Å². The molecule has 1 amide bonds. The lowest BCUT2D eigenvalue weighted by Crippen LogP contribution is -2.46. The third-order valence-electron chi connectivity index (χ3n) is 4.98. The van der Waals surface area contributed by atoms with Crippen LogP contribution in [0.15, 0.2) is 4.52 Å². The molecule has 0 radical (unpaired) electrons. The van der Waals surface area contributed by atoms with Crippen molar-refractivity contribution >= 4 is 17.8 Å². The van der Waals surface area contributed by atoms with E-state index in [2.05, 4.69) is 15.0 Å². The van der Waals surface area contributed by atoms with Crippen LogP contribution in [0.4, 0.5) is 13.2 Å². The Balaban J connectivity index is 0.000000718. The second-order valence-corrected chi connectivity index (χ2v) is 10.2. The molecular weight excluding hydrogens is 461 g/mol. The fourth-order valence-corrected chi connectivity index (χ4v) is 3.20. The number of halogens is 3. The van der Waals surface area contributed by atoms with E-state index in [9.17, 15) is 27.9 Å². The second kappa shape index (κ2) is 11.2. The Kier molecular flexibility index (Phi) is 9.62. The van der Waals surface area contributed by atoms with E-state index in [4.69, 9.17) is 14.4 Å². The van der Waals surface area contributed by atoms with Gasteiger partial charge in [-0.25, -0.2) is 4.79 Å². The summed E-state index contributed by atoms with van der Waals surface area (Å²) in [6.45, 7) is 14.5. The number of carboxylic acid groups (broad SMARTS) is 2. The van der Waals surface area contributed by atoms with Gasteiger partial charge < -0.3 is 19.6 Å². The smallest absolute Gasteiger partial charge is 0.481 e. The number of carboxylic acids is 2. The molecule has 1 unspecified atom stereocenters. The molecule has 2 N–H and O–H groups in total. The second-order valence-electron chi connectivity index (χ2n) is 10.2. The third-order valence-corrected chi connectivity index (χ3v) is 4.98. The van der Waals surface area contributed by atoms with Crippen molar-refractivity contribution in [1.82, 2.24) is 19.9 Å². The van der Waals surface area contributed by atoms with Gasteiger partial charge >= 0.3 is 18.1 Å². The van der Waals surface area contributed by atoms with Crippen molar-refractivity contribution in [2.75, 3.05) is 26.2 Å². The van der Waals surface area contributed by atoms with Gasteiger partial charge in [0, 0.05) is 31.6 Å². The van der Waals surface area contributed by atoms with Gasteiger partial charge in [0.05, 0.1) is 6.54 Å². The van der Waals surface area contributed by atoms with Crippen LogP contribution in [0.1, 0.15) is 59.7 Å². The van der Waals surface area contributed by atoms with E-state index in [-0.39, 0.29) is 11.3 Å². The summed E-state index contributed by atoms with van der Waals surface area (Å²) in [7, 11) is 0. The van der Waals surface area contributed by atoms with Crippen LogP contribution in [0.5, 0.6) is 0 Å². The van der Waals surface area contributed by atoms with E-state index in [0.717, 1.165) is 13.0 Å². The van der Waals surface area contributed by atoms with Crippen LogP contribution in [0.3, 0.4) is 0 Å². The maximum absolute atomic E-state index is 12.8. The van der Waals surface area contributed by atoms with Gasteiger partial charge in [-0.1, -0.05) is 46.7 Å². The molecule has 0 bridgehead atoms. The Morgan fingerprint density at radius 2 is 1.56 bits per heavy atom. The number of aromatic nitrogens is 2. The first-order valence-corrected chi connectivity index (χ1v) is 10.7. The van der Waals surface area contributed by atoms with Crippen molar-refractivity contribution in [2.45, 2.75) is 66.1 Å². The average Bonchev–Trinajstić information content (AvgIpc) is 2.99. The Morgan fingerprint density at radius 3 is 1.97 bits per heavy atom. The molecule has 1 fully saturated rings. The number of amides is 1. The fourth-order valence-electron chi connectivity index (χ4n) is 3.20. The van der Waals surface area contributed by atoms with Crippen LogP contribution >= 0.6 is 0 Å². The van der Waals surface area contributed by atoms with E-state index >= 15 is 0 Å². The standard InChI is InChI=1S/C19H32N4O4.C2HF3O2/c1-18(2,3)14(16(25)26)15(24)23-9-7-8-22(10-11-23)12-13-20-17(27-21-13)19(4,5)6;3-2(4,5)1(6)7/h14H,7-12H2,1-6H3,(H,25,26);(H,6,7). The number of hydrogen-bond acceptors (Lipinski definition) is 7. The molecule has 1 atom stereocenters. The van der Waals surface area contributed by atoms with Gasteiger partial charge in [0.2, 0.25) is 11.8 Å². The number of carbonyl (C=O) groups is 3. The van der Waals surface area contributed by atoms with E-state index < -0.39 is 29.4 Å². The molecule has 0 saturated carbocycles. The van der Waals surface area contributed by atoms with Crippen molar-refractivity contribution in [3.8, 4) is 0 Å². The predicted molar refractivity (Wildman–Crippen MR) is 114 cm³/mol. The number of nitrogens with zero attached hydrogens (tertiary/aromatic N) is 4. The number of carbonyl (C=O) groups excluding carboxylic acids is 1. The number of hydrogen-bond donors (Lipinski definition) is 2. The lowest BCUT2D eigenvalue weighted by molar-refractivity contribution is -0.192. The van der Waals surface area contributed by atoms with Crippen LogP contribution < -0.4 is 0 Å². The molecule has 10 nitrogen and oxygen atoms in total. The van der Waals surface area contributed by atoms with Gasteiger partial charge in [-0.15, -0.1) is 0 Å². The molecule has 1 aromatic heterocycles. The average molecular weight is 495 g/mol. The van der Waals surface area contributed by atoms with E-state index in [1.165, 1.54) is 0 Å². The highest BCUT2D eigenvalue weighted by molar-refractivity contribution is 5.97. The maximum atomic E-state index is 12.8. The van der Waals surface area contributed by atoms with Crippen molar-refractivity contribution in [3.63, 3.8) is 0 Å². The molecule has 1 aromatic rings. The summed E-state index contributed by atoms with van der Waals surface area (Å²) in [4.78, 5) is 41.6. The summed E-state index contributed by atoms with van der Waals surface area (Å²) in [6.07, 6.45) is -4.30. The van der Waals surface area contributed by atoms with Crippen LogP contribution in [0, 0.1) is 11.3 Å². The zero-order chi connectivity index (χ0) is 26.5. The highest BCUT2D eigenvalue weighted by Crippen LogP contribution is 2.28. The summed E-state index contributed by atoms with van der Waals surface area (Å²) in [5.41, 5.74) is -0.811. The first kappa shape index (κ1) is 29.3.